The molecule has 1 aliphatic heterocycles. The minimum Gasteiger partial charge on any atom is -0.468 e. The molecule has 0 saturated carbocycles. The van der Waals surface area contributed by atoms with Gasteiger partial charge in [-0.1, -0.05) is 60.7 Å². The van der Waals surface area contributed by atoms with Gasteiger partial charge in [0.25, 0.3) is 0 Å². The van der Waals surface area contributed by atoms with Crippen LogP contribution in [0.3, 0.4) is 0 Å². The van der Waals surface area contributed by atoms with Crippen LogP contribution in [0.25, 0.3) is 0 Å². The molecule has 2 N–H and O–H groups in total. The minimum absolute atomic E-state index is 0.658. The summed E-state index contributed by atoms with van der Waals surface area (Å²) in [5.41, 5.74) is 1.32. The summed E-state index contributed by atoms with van der Waals surface area (Å²) in [4.78, 5) is 25.0. The fraction of sp³-hybridized carbons (Fsp3) is 0.300. The van der Waals surface area contributed by atoms with Crippen LogP contribution in [0.5, 0.6) is 0 Å². The van der Waals surface area contributed by atoms with Gasteiger partial charge in [0, 0.05) is 11.1 Å². The molecule has 7 nitrogen and oxygen atoms in total. The Morgan fingerprint density at radius 2 is 1.11 bits per heavy atom. The summed E-state index contributed by atoms with van der Waals surface area (Å²) >= 11 is 0. The van der Waals surface area contributed by atoms with Crippen molar-refractivity contribution in [2.45, 2.75) is 22.6 Å². The Morgan fingerprint density at radius 1 is 0.750 bits per heavy atom. The summed E-state index contributed by atoms with van der Waals surface area (Å²) in [5.74, 6) is -1.80. The third-order valence-electron chi connectivity index (χ3n) is 5.01. The molecule has 0 aromatic heterocycles. The quantitative estimate of drug-likeness (QED) is 0.747. The van der Waals surface area contributed by atoms with Gasteiger partial charge < -0.3 is 14.8 Å². The van der Waals surface area contributed by atoms with Gasteiger partial charge in [0.2, 0.25) is 10.5 Å². The predicted molar refractivity (Wildman–Crippen MR) is 101 cm³/mol. The zero-order chi connectivity index (χ0) is 20.3. The molecule has 0 spiro atoms. The number of carbonyl (C=O) groups excluding carboxylic acids is 2. The first-order valence-electron chi connectivity index (χ1n) is 8.75. The highest BCUT2D eigenvalue weighted by molar-refractivity contribution is 7.94. The molecule has 0 amide bonds. The van der Waals surface area contributed by atoms with Crippen molar-refractivity contribution in [3.05, 3.63) is 71.8 Å². The Hall–Kier alpha value is -2.71. The zero-order valence-corrected chi connectivity index (χ0v) is 16.3. The van der Waals surface area contributed by atoms with E-state index in [9.17, 15) is 18.0 Å². The number of hydrogen-bond acceptors (Lipinski definition) is 6. The summed E-state index contributed by atoms with van der Waals surface area (Å²) in [5, 5.41) is -1.30. The molecule has 0 aliphatic carbocycles. The van der Waals surface area contributed by atoms with Gasteiger partial charge in [0.15, 0.2) is 9.84 Å². The molecule has 0 bridgehead atoms. The number of carbonyl (C=O) groups is 2. The molecule has 4 atom stereocenters. The van der Waals surface area contributed by atoms with Crippen molar-refractivity contribution in [2.24, 2.45) is 0 Å². The van der Waals surface area contributed by atoms with Crippen LogP contribution in [0.1, 0.15) is 23.2 Å². The minimum atomic E-state index is -4.26. The molecular formula is C20H22NO6S+. The standard InChI is InChI=1S/C20H21NO6S/c1-26-19(22)17-15(13-9-5-3-6-10-13)21-16(14-11-7-4-8-12-14)18(20(23)27-2)28(17,24)25/h3-12,15-18,21H,1-2H3/p+1/t15-,16+,17-,18-/m1/s1. The summed E-state index contributed by atoms with van der Waals surface area (Å²) in [7, 11) is -1.99. The van der Waals surface area contributed by atoms with E-state index in [1.54, 1.807) is 66.0 Å². The van der Waals surface area contributed by atoms with Crippen LogP contribution in [-0.4, -0.2) is 45.1 Å². The van der Waals surface area contributed by atoms with Gasteiger partial charge in [-0.25, -0.2) is 8.42 Å². The first kappa shape index (κ1) is 20.0. The highest BCUT2D eigenvalue weighted by Gasteiger charge is 2.59. The van der Waals surface area contributed by atoms with E-state index in [2.05, 4.69) is 0 Å². The Bertz CT molecular complexity index is 874. The number of hydrogen-bond donors (Lipinski definition) is 1. The maximum atomic E-state index is 13.5. The van der Waals surface area contributed by atoms with Crippen LogP contribution in [-0.2, 0) is 28.9 Å². The van der Waals surface area contributed by atoms with Gasteiger partial charge in [-0.15, -0.1) is 0 Å². The highest BCUT2D eigenvalue weighted by Crippen LogP contribution is 2.34. The van der Waals surface area contributed by atoms with Crippen molar-refractivity contribution in [3.63, 3.8) is 0 Å². The Labute approximate surface area is 163 Å². The fourth-order valence-corrected chi connectivity index (χ4v) is 6.07. The van der Waals surface area contributed by atoms with Crippen LogP contribution < -0.4 is 5.32 Å². The molecule has 8 heteroatoms. The SMILES string of the molecule is COC(=O)[C@H]1[C@@H](c2ccccc2)[NH2+][C@@H](c2ccccc2)[C@H](C(=O)OC)S1(=O)=O. The van der Waals surface area contributed by atoms with E-state index in [0.717, 1.165) is 14.2 Å². The van der Waals surface area contributed by atoms with Crippen molar-refractivity contribution >= 4 is 21.8 Å². The molecule has 28 heavy (non-hydrogen) atoms. The zero-order valence-electron chi connectivity index (χ0n) is 15.5. The maximum absolute atomic E-state index is 13.5. The topological polar surface area (TPSA) is 103 Å². The highest BCUT2D eigenvalue weighted by atomic mass is 32.2. The monoisotopic (exact) mass is 404 g/mol. The van der Waals surface area contributed by atoms with Crippen LogP contribution in [0.15, 0.2) is 60.7 Å². The lowest BCUT2D eigenvalue weighted by molar-refractivity contribution is -0.734. The lowest BCUT2D eigenvalue weighted by Gasteiger charge is -2.37. The van der Waals surface area contributed by atoms with Gasteiger partial charge in [-0.2, -0.15) is 0 Å². The third kappa shape index (κ3) is 3.53. The van der Waals surface area contributed by atoms with Crippen LogP contribution >= 0.6 is 0 Å². The number of benzene rings is 2. The van der Waals surface area contributed by atoms with E-state index in [-0.39, 0.29) is 0 Å². The molecule has 3 rings (SSSR count). The maximum Gasteiger partial charge on any atom is 0.330 e. The molecule has 0 radical (unpaired) electrons. The van der Waals surface area contributed by atoms with Crippen molar-refractivity contribution in [3.8, 4) is 0 Å². The lowest BCUT2D eigenvalue weighted by atomic mass is 9.97. The largest absolute Gasteiger partial charge is 0.468 e. The lowest BCUT2D eigenvalue weighted by Crippen LogP contribution is -2.94. The van der Waals surface area contributed by atoms with E-state index in [4.69, 9.17) is 9.47 Å². The smallest absolute Gasteiger partial charge is 0.330 e. The van der Waals surface area contributed by atoms with E-state index in [0.29, 0.717) is 11.1 Å². The molecular weight excluding hydrogens is 382 g/mol. The van der Waals surface area contributed by atoms with E-state index >= 15 is 0 Å². The second-order valence-electron chi connectivity index (χ2n) is 6.54. The molecule has 1 fully saturated rings. The number of nitrogens with two attached hydrogens (primary N) is 1. The average Bonchev–Trinajstić information content (AvgIpc) is 2.72. The first-order valence-corrected chi connectivity index (χ1v) is 10.4. The van der Waals surface area contributed by atoms with Gasteiger partial charge in [-0.3, -0.25) is 9.59 Å². The fourth-order valence-electron chi connectivity index (χ4n) is 3.71. The Balaban J connectivity index is 2.19. The van der Waals surface area contributed by atoms with Gasteiger partial charge >= 0.3 is 11.9 Å². The Morgan fingerprint density at radius 3 is 1.43 bits per heavy atom. The second-order valence-corrected chi connectivity index (χ2v) is 8.74. The Kier molecular flexibility index (Phi) is 5.81. The number of ether oxygens (including phenoxy) is 2. The van der Waals surface area contributed by atoms with Crippen molar-refractivity contribution in [2.75, 3.05) is 14.2 Å². The average molecular weight is 404 g/mol. The van der Waals surface area contributed by atoms with E-state index in [1.807, 2.05) is 0 Å². The molecule has 1 aliphatic rings. The molecule has 1 saturated heterocycles. The van der Waals surface area contributed by atoms with Gasteiger partial charge in [-0.05, 0) is 0 Å². The molecule has 2 aromatic carbocycles. The van der Waals surface area contributed by atoms with Crippen molar-refractivity contribution < 1.29 is 32.8 Å². The van der Waals surface area contributed by atoms with Crippen molar-refractivity contribution in [1.82, 2.24) is 0 Å². The molecule has 148 valence electrons. The third-order valence-corrected chi connectivity index (χ3v) is 7.40. The molecule has 2 aromatic rings. The van der Waals surface area contributed by atoms with Gasteiger partial charge in [0.05, 0.1) is 14.2 Å². The summed E-state index contributed by atoms with van der Waals surface area (Å²) < 4.78 is 36.5. The van der Waals surface area contributed by atoms with Crippen LogP contribution in [0, 0.1) is 0 Å². The normalized spacial score (nSPS) is 26.2. The first-order chi connectivity index (χ1) is 13.4. The number of sulfone groups is 1. The van der Waals surface area contributed by atoms with Crippen molar-refractivity contribution in [1.29, 1.82) is 0 Å². The number of quaternary nitrogens is 1. The summed E-state index contributed by atoms with van der Waals surface area (Å²) in [6.45, 7) is 0. The number of methoxy groups -OCH3 is 2. The summed E-state index contributed by atoms with van der Waals surface area (Å²) in [6.07, 6.45) is 0. The second kappa shape index (κ2) is 8.12. The number of esters is 2. The number of rotatable bonds is 4. The van der Waals surface area contributed by atoms with E-state index < -0.39 is 44.4 Å². The molecule has 1 heterocycles. The van der Waals surface area contributed by atoms with E-state index in [1.165, 1.54) is 0 Å². The molecule has 0 unspecified atom stereocenters. The summed E-state index contributed by atoms with van der Waals surface area (Å²) in [6, 6.07) is 16.2. The van der Waals surface area contributed by atoms with Gasteiger partial charge in [0.1, 0.15) is 12.1 Å². The predicted octanol–water partition coefficient (Wildman–Crippen LogP) is 0.544. The van der Waals surface area contributed by atoms with Crippen LogP contribution in [0.2, 0.25) is 0 Å². The van der Waals surface area contributed by atoms with Crippen LogP contribution in [0.4, 0.5) is 0 Å².